The Kier molecular flexibility index (Phi) is 5.65. The Balaban J connectivity index is 1.49. The normalized spacial score (nSPS) is 19.9. The van der Waals surface area contributed by atoms with Gasteiger partial charge in [-0.3, -0.25) is 4.79 Å². The Morgan fingerprint density at radius 1 is 1.09 bits per heavy atom. The first-order valence-electron chi connectivity index (χ1n) is 8.52. The number of nitrogens with zero attached hydrogens (tertiary/aromatic N) is 1. The van der Waals surface area contributed by atoms with Gasteiger partial charge in [-0.05, 0) is 30.5 Å². The summed E-state index contributed by atoms with van der Waals surface area (Å²) in [6.07, 6.45) is 5.84. The van der Waals surface area contributed by atoms with E-state index in [1.165, 1.54) is 42.0 Å². The van der Waals surface area contributed by atoms with E-state index in [1.54, 1.807) is 0 Å². The summed E-state index contributed by atoms with van der Waals surface area (Å²) in [5.41, 5.74) is 2.50. The third-order valence-corrected chi connectivity index (χ3v) is 5.70. The SMILES string of the molecule is O=C(NCc1ccc(N2CCSCC2)cc1)C1CCCCC1. The van der Waals surface area contributed by atoms with Crippen LogP contribution in [0.4, 0.5) is 5.69 Å². The van der Waals surface area contributed by atoms with Crippen LogP contribution in [0.2, 0.25) is 0 Å². The maximum atomic E-state index is 12.2. The lowest BCUT2D eigenvalue weighted by atomic mass is 9.88. The third kappa shape index (κ3) is 4.19. The lowest BCUT2D eigenvalue weighted by Crippen LogP contribution is -2.32. The topological polar surface area (TPSA) is 32.3 Å². The van der Waals surface area contributed by atoms with Crippen molar-refractivity contribution in [1.29, 1.82) is 0 Å². The molecule has 0 aromatic heterocycles. The number of benzene rings is 1. The van der Waals surface area contributed by atoms with E-state index in [9.17, 15) is 4.79 Å². The van der Waals surface area contributed by atoms with Gasteiger partial charge in [0.1, 0.15) is 0 Å². The van der Waals surface area contributed by atoms with E-state index in [1.807, 2.05) is 11.8 Å². The van der Waals surface area contributed by atoms with Gasteiger partial charge in [0.05, 0.1) is 0 Å². The molecule has 1 aliphatic heterocycles. The second-order valence-corrected chi connectivity index (χ2v) is 7.54. The Morgan fingerprint density at radius 3 is 2.45 bits per heavy atom. The van der Waals surface area contributed by atoms with Crippen molar-refractivity contribution in [3.63, 3.8) is 0 Å². The highest BCUT2D eigenvalue weighted by molar-refractivity contribution is 7.99. The molecule has 22 heavy (non-hydrogen) atoms. The summed E-state index contributed by atoms with van der Waals surface area (Å²) in [6, 6.07) is 8.69. The number of amides is 1. The molecule has 3 rings (SSSR count). The Bertz CT molecular complexity index is 476. The van der Waals surface area contributed by atoms with Gasteiger partial charge < -0.3 is 10.2 Å². The standard InChI is InChI=1S/C18H26N2OS/c21-18(16-4-2-1-3-5-16)19-14-15-6-8-17(9-7-15)20-10-12-22-13-11-20/h6-9,16H,1-5,10-14H2,(H,19,21). The van der Waals surface area contributed by atoms with Crippen molar-refractivity contribution in [3.8, 4) is 0 Å². The van der Waals surface area contributed by atoms with Crippen LogP contribution in [-0.2, 0) is 11.3 Å². The van der Waals surface area contributed by atoms with Crippen LogP contribution in [0.5, 0.6) is 0 Å². The molecule has 0 bridgehead atoms. The molecule has 1 saturated carbocycles. The second kappa shape index (κ2) is 7.91. The number of rotatable bonds is 4. The molecule has 2 aliphatic rings. The quantitative estimate of drug-likeness (QED) is 0.923. The number of hydrogen-bond acceptors (Lipinski definition) is 3. The van der Waals surface area contributed by atoms with Crippen molar-refractivity contribution in [2.24, 2.45) is 5.92 Å². The van der Waals surface area contributed by atoms with Crippen molar-refractivity contribution < 1.29 is 4.79 Å². The van der Waals surface area contributed by atoms with Gasteiger partial charge >= 0.3 is 0 Å². The summed E-state index contributed by atoms with van der Waals surface area (Å²) in [5.74, 6) is 2.94. The Labute approximate surface area is 137 Å². The number of nitrogens with one attached hydrogen (secondary N) is 1. The van der Waals surface area contributed by atoms with E-state index in [-0.39, 0.29) is 11.8 Å². The van der Waals surface area contributed by atoms with Crippen LogP contribution in [-0.4, -0.2) is 30.5 Å². The van der Waals surface area contributed by atoms with Gasteiger partial charge in [0, 0.05) is 42.7 Å². The molecule has 2 fully saturated rings. The fourth-order valence-electron chi connectivity index (χ4n) is 3.34. The maximum Gasteiger partial charge on any atom is 0.223 e. The molecule has 0 unspecified atom stereocenters. The molecular weight excluding hydrogens is 292 g/mol. The van der Waals surface area contributed by atoms with Crippen molar-refractivity contribution >= 4 is 23.4 Å². The number of hydrogen-bond donors (Lipinski definition) is 1. The van der Waals surface area contributed by atoms with E-state index in [2.05, 4.69) is 34.5 Å². The highest BCUT2D eigenvalue weighted by Gasteiger charge is 2.20. The zero-order chi connectivity index (χ0) is 15.2. The minimum Gasteiger partial charge on any atom is -0.370 e. The van der Waals surface area contributed by atoms with Gasteiger partial charge in [-0.2, -0.15) is 11.8 Å². The summed E-state index contributed by atoms with van der Waals surface area (Å²) in [6.45, 7) is 2.94. The first kappa shape index (κ1) is 15.7. The molecule has 1 heterocycles. The van der Waals surface area contributed by atoms with Gasteiger partial charge in [-0.1, -0.05) is 31.4 Å². The zero-order valence-corrected chi connectivity index (χ0v) is 14.0. The molecule has 0 radical (unpaired) electrons. The zero-order valence-electron chi connectivity index (χ0n) is 13.2. The van der Waals surface area contributed by atoms with Crippen LogP contribution in [0.3, 0.4) is 0 Å². The summed E-state index contributed by atoms with van der Waals surface area (Å²) >= 11 is 2.03. The number of carbonyl (C=O) groups is 1. The molecule has 1 N–H and O–H groups in total. The van der Waals surface area contributed by atoms with Crippen LogP contribution >= 0.6 is 11.8 Å². The van der Waals surface area contributed by atoms with Crippen LogP contribution in [0, 0.1) is 5.92 Å². The lowest BCUT2D eigenvalue weighted by Gasteiger charge is -2.28. The fourth-order valence-corrected chi connectivity index (χ4v) is 4.25. The minimum absolute atomic E-state index is 0.247. The smallest absolute Gasteiger partial charge is 0.223 e. The fraction of sp³-hybridized carbons (Fsp3) is 0.611. The van der Waals surface area contributed by atoms with E-state index < -0.39 is 0 Å². The molecule has 1 amide bonds. The predicted molar refractivity (Wildman–Crippen MR) is 94.4 cm³/mol. The maximum absolute atomic E-state index is 12.2. The van der Waals surface area contributed by atoms with E-state index in [0.29, 0.717) is 6.54 Å². The first-order chi connectivity index (χ1) is 10.8. The van der Waals surface area contributed by atoms with Crippen molar-refractivity contribution in [2.45, 2.75) is 38.6 Å². The van der Waals surface area contributed by atoms with E-state index >= 15 is 0 Å². The van der Waals surface area contributed by atoms with Gasteiger partial charge in [0.15, 0.2) is 0 Å². The number of anilines is 1. The van der Waals surface area contributed by atoms with Crippen LogP contribution in [0.1, 0.15) is 37.7 Å². The molecule has 1 aromatic carbocycles. The number of carbonyl (C=O) groups excluding carboxylic acids is 1. The highest BCUT2D eigenvalue weighted by atomic mass is 32.2. The molecule has 1 aromatic rings. The first-order valence-corrected chi connectivity index (χ1v) is 9.68. The molecular formula is C18H26N2OS. The third-order valence-electron chi connectivity index (χ3n) is 4.76. The van der Waals surface area contributed by atoms with Gasteiger partial charge in [0.2, 0.25) is 5.91 Å². The average Bonchev–Trinajstić information content (AvgIpc) is 2.61. The van der Waals surface area contributed by atoms with Crippen molar-refractivity contribution in [2.75, 3.05) is 29.5 Å². The predicted octanol–water partition coefficient (Wildman–Crippen LogP) is 3.44. The summed E-state index contributed by atoms with van der Waals surface area (Å²) in [5, 5.41) is 3.11. The lowest BCUT2D eigenvalue weighted by molar-refractivity contribution is -0.126. The molecule has 1 saturated heterocycles. The van der Waals surface area contributed by atoms with Gasteiger partial charge in [-0.25, -0.2) is 0 Å². The summed E-state index contributed by atoms with van der Waals surface area (Å²) in [4.78, 5) is 14.6. The van der Waals surface area contributed by atoms with E-state index in [0.717, 1.165) is 25.9 Å². The molecule has 1 aliphatic carbocycles. The molecule has 120 valence electrons. The van der Waals surface area contributed by atoms with Crippen LogP contribution < -0.4 is 10.2 Å². The second-order valence-electron chi connectivity index (χ2n) is 6.32. The number of thioether (sulfide) groups is 1. The van der Waals surface area contributed by atoms with E-state index in [4.69, 9.17) is 0 Å². The van der Waals surface area contributed by atoms with Crippen molar-refractivity contribution in [1.82, 2.24) is 5.32 Å². The molecule has 4 heteroatoms. The van der Waals surface area contributed by atoms with Crippen molar-refractivity contribution in [3.05, 3.63) is 29.8 Å². The van der Waals surface area contributed by atoms with Gasteiger partial charge in [0.25, 0.3) is 0 Å². The minimum atomic E-state index is 0.247. The highest BCUT2D eigenvalue weighted by Crippen LogP contribution is 2.24. The molecule has 3 nitrogen and oxygen atoms in total. The summed E-state index contributed by atoms with van der Waals surface area (Å²) in [7, 11) is 0. The largest absolute Gasteiger partial charge is 0.370 e. The van der Waals surface area contributed by atoms with Crippen LogP contribution in [0.25, 0.3) is 0 Å². The average molecular weight is 318 g/mol. The molecule has 0 spiro atoms. The van der Waals surface area contributed by atoms with Crippen LogP contribution in [0.15, 0.2) is 24.3 Å². The monoisotopic (exact) mass is 318 g/mol. The van der Waals surface area contributed by atoms with Gasteiger partial charge in [-0.15, -0.1) is 0 Å². The molecule has 0 atom stereocenters. The Morgan fingerprint density at radius 2 is 1.77 bits per heavy atom. The Hall–Kier alpha value is -1.16. The summed E-state index contributed by atoms with van der Waals surface area (Å²) < 4.78 is 0.